The number of hydrogen-bond acceptors (Lipinski definition) is 5. The molecule has 1 amide bonds. The van der Waals surface area contributed by atoms with Crippen LogP contribution < -0.4 is 0 Å². The van der Waals surface area contributed by atoms with Crippen molar-refractivity contribution < 1.29 is 22.7 Å². The molecule has 7 nitrogen and oxygen atoms in total. The maximum atomic E-state index is 12.7. The van der Waals surface area contributed by atoms with Crippen molar-refractivity contribution in [1.29, 1.82) is 0 Å². The van der Waals surface area contributed by atoms with Gasteiger partial charge in [-0.3, -0.25) is 4.79 Å². The van der Waals surface area contributed by atoms with Gasteiger partial charge in [-0.2, -0.15) is 0 Å². The average Bonchev–Trinajstić information content (AvgIpc) is 3.03. The number of methoxy groups -OCH3 is 1. The van der Waals surface area contributed by atoms with Gasteiger partial charge in [-0.05, 0) is 32.6 Å². The molecule has 1 unspecified atom stereocenters. The molecule has 0 radical (unpaired) electrons. The Kier molecular flexibility index (Phi) is 5.44. The third-order valence-corrected chi connectivity index (χ3v) is 6.35. The molecule has 0 bridgehead atoms. The number of hydrogen-bond donors (Lipinski definition) is 0. The first-order chi connectivity index (χ1) is 10.4. The molecule has 0 aromatic carbocycles. The number of rotatable bonds is 4. The third kappa shape index (κ3) is 3.43. The first-order valence-electron chi connectivity index (χ1n) is 7.76. The van der Waals surface area contributed by atoms with Crippen molar-refractivity contribution in [2.75, 3.05) is 32.5 Å². The topological polar surface area (TPSA) is 84.0 Å². The molecule has 0 aliphatic carbocycles. The number of piperidine rings is 1. The van der Waals surface area contributed by atoms with Crippen LogP contribution in [-0.4, -0.2) is 68.0 Å². The monoisotopic (exact) mass is 332 g/mol. The van der Waals surface area contributed by atoms with Crippen molar-refractivity contribution in [1.82, 2.24) is 9.21 Å². The lowest BCUT2D eigenvalue weighted by atomic mass is 9.97. The fraction of sp³-hybridized carbons (Fsp3) is 0.857. The van der Waals surface area contributed by atoms with Crippen LogP contribution in [0.2, 0.25) is 0 Å². The summed E-state index contributed by atoms with van der Waals surface area (Å²) in [5.74, 6) is -0.827. The normalized spacial score (nSPS) is 26.9. The Hall–Kier alpha value is -1.15. The molecule has 0 aromatic heterocycles. The van der Waals surface area contributed by atoms with Gasteiger partial charge in [0.2, 0.25) is 15.9 Å². The molecule has 2 aliphatic heterocycles. The van der Waals surface area contributed by atoms with Gasteiger partial charge >= 0.3 is 5.97 Å². The van der Waals surface area contributed by atoms with Crippen LogP contribution in [0.25, 0.3) is 0 Å². The highest BCUT2D eigenvalue weighted by Gasteiger charge is 2.40. The van der Waals surface area contributed by atoms with Crippen molar-refractivity contribution >= 4 is 21.9 Å². The average molecular weight is 332 g/mol. The molecule has 0 spiro atoms. The van der Waals surface area contributed by atoms with Crippen LogP contribution in [0.4, 0.5) is 0 Å². The van der Waals surface area contributed by atoms with E-state index in [1.807, 2.05) is 0 Å². The van der Waals surface area contributed by atoms with Crippen LogP contribution in [0, 0.1) is 5.92 Å². The number of carbonyl (C=O) groups is 2. The van der Waals surface area contributed by atoms with E-state index in [1.165, 1.54) is 11.4 Å². The lowest BCUT2D eigenvalue weighted by Gasteiger charge is -2.34. The molecule has 2 atom stereocenters. The summed E-state index contributed by atoms with van der Waals surface area (Å²) in [7, 11) is -1.96. The Morgan fingerprint density at radius 1 is 1.18 bits per heavy atom. The highest BCUT2D eigenvalue weighted by molar-refractivity contribution is 7.89. The molecule has 2 rings (SSSR count). The molecule has 22 heavy (non-hydrogen) atoms. The molecule has 0 saturated carbocycles. The minimum absolute atomic E-state index is 0.0441. The Bertz CT molecular complexity index is 533. The highest BCUT2D eigenvalue weighted by Crippen LogP contribution is 2.26. The molecule has 2 aliphatic rings. The number of ether oxygens (including phenoxy) is 1. The second-order valence-corrected chi connectivity index (χ2v) is 8.07. The van der Waals surface area contributed by atoms with Gasteiger partial charge in [0.15, 0.2) is 0 Å². The number of carbonyl (C=O) groups excluding carboxylic acids is 2. The summed E-state index contributed by atoms with van der Waals surface area (Å²) in [5, 5.41) is 0. The summed E-state index contributed by atoms with van der Waals surface area (Å²) >= 11 is 0. The number of nitrogens with zero attached hydrogens (tertiary/aromatic N) is 2. The van der Waals surface area contributed by atoms with E-state index in [1.54, 1.807) is 11.8 Å². The van der Waals surface area contributed by atoms with Crippen LogP contribution in [0.15, 0.2) is 0 Å². The van der Waals surface area contributed by atoms with Crippen LogP contribution in [0.1, 0.15) is 32.6 Å². The van der Waals surface area contributed by atoms with Gasteiger partial charge in [0.1, 0.15) is 6.04 Å². The van der Waals surface area contributed by atoms with Crippen molar-refractivity contribution in [2.24, 2.45) is 5.92 Å². The smallest absolute Gasteiger partial charge is 0.328 e. The molecular weight excluding hydrogens is 308 g/mol. The number of esters is 1. The summed E-state index contributed by atoms with van der Waals surface area (Å²) in [4.78, 5) is 26.0. The predicted octanol–water partition coefficient (Wildman–Crippen LogP) is 0.212. The predicted molar refractivity (Wildman–Crippen MR) is 80.5 cm³/mol. The van der Waals surface area contributed by atoms with Gasteiger partial charge in [-0.25, -0.2) is 17.5 Å². The molecule has 0 aromatic rings. The Labute approximate surface area is 131 Å². The molecule has 126 valence electrons. The quantitative estimate of drug-likeness (QED) is 0.687. The zero-order chi connectivity index (χ0) is 16.3. The van der Waals surface area contributed by atoms with Crippen molar-refractivity contribution in [3.05, 3.63) is 0 Å². The summed E-state index contributed by atoms with van der Waals surface area (Å²) in [6.45, 7) is 2.84. The van der Waals surface area contributed by atoms with Crippen molar-refractivity contribution in [3.63, 3.8) is 0 Å². The minimum Gasteiger partial charge on any atom is -0.467 e. The zero-order valence-corrected chi connectivity index (χ0v) is 14.0. The minimum atomic E-state index is -3.27. The molecule has 2 heterocycles. The van der Waals surface area contributed by atoms with Gasteiger partial charge in [0.05, 0.1) is 18.8 Å². The maximum Gasteiger partial charge on any atom is 0.328 e. The largest absolute Gasteiger partial charge is 0.467 e. The number of amides is 1. The van der Waals surface area contributed by atoms with E-state index in [9.17, 15) is 18.0 Å². The van der Waals surface area contributed by atoms with Gasteiger partial charge < -0.3 is 9.64 Å². The van der Waals surface area contributed by atoms with Crippen LogP contribution in [0.5, 0.6) is 0 Å². The summed E-state index contributed by atoms with van der Waals surface area (Å²) in [6, 6.07) is -0.518. The van der Waals surface area contributed by atoms with Gasteiger partial charge in [-0.1, -0.05) is 0 Å². The zero-order valence-electron chi connectivity index (χ0n) is 13.2. The van der Waals surface area contributed by atoms with Gasteiger partial charge in [0, 0.05) is 19.6 Å². The van der Waals surface area contributed by atoms with E-state index in [2.05, 4.69) is 0 Å². The fourth-order valence-corrected chi connectivity index (χ4v) is 4.40. The van der Waals surface area contributed by atoms with Crippen molar-refractivity contribution in [3.8, 4) is 0 Å². The second kappa shape index (κ2) is 6.95. The Balaban J connectivity index is 2.07. The van der Waals surface area contributed by atoms with Crippen LogP contribution in [0.3, 0.4) is 0 Å². The van der Waals surface area contributed by atoms with Crippen LogP contribution in [-0.2, 0) is 24.3 Å². The van der Waals surface area contributed by atoms with Crippen LogP contribution >= 0.6 is 0 Å². The lowest BCUT2D eigenvalue weighted by Crippen LogP contribution is -2.49. The maximum absolute atomic E-state index is 12.7. The van der Waals surface area contributed by atoms with Crippen molar-refractivity contribution in [2.45, 2.75) is 38.6 Å². The highest BCUT2D eigenvalue weighted by atomic mass is 32.2. The number of likely N-dealkylation sites (tertiary alicyclic amines) is 1. The SMILES string of the molecule is CCS(=O)(=O)N1CCCC(C(=O)N2CCC[C@H]2C(=O)OC)C1. The third-order valence-electron chi connectivity index (χ3n) is 4.50. The summed E-state index contributed by atoms with van der Waals surface area (Å²) in [5.41, 5.74) is 0. The standard InChI is InChI=1S/C14H24N2O5S/c1-3-22(19,20)15-8-4-6-11(10-15)13(17)16-9-5-7-12(16)14(18)21-2/h11-12H,3-10H2,1-2H3/t11?,12-/m0/s1. The first kappa shape index (κ1) is 17.2. The van der Waals surface area contributed by atoms with E-state index in [-0.39, 0.29) is 30.1 Å². The first-order valence-corrected chi connectivity index (χ1v) is 9.37. The van der Waals surface area contributed by atoms with E-state index in [0.29, 0.717) is 32.4 Å². The second-order valence-electron chi connectivity index (χ2n) is 5.81. The fourth-order valence-electron chi connectivity index (χ4n) is 3.23. The molecule has 8 heteroatoms. The Morgan fingerprint density at radius 3 is 2.50 bits per heavy atom. The van der Waals surface area contributed by atoms with E-state index >= 15 is 0 Å². The molecule has 0 N–H and O–H groups in total. The van der Waals surface area contributed by atoms with Gasteiger partial charge in [-0.15, -0.1) is 0 Å². The molecular formula is C14H24N2O5S. The molecule has 2 fully saturated rings. The van der Waals surface area contributed by atoms with E-state index in [4.69, 9.17) is 4.74 Å². The van der Waals surface area contributed by atoms with E-state index < -0.39 is 16.1 Å². The molecule has 2 saturated heterocycles. The van der Waals surface area contributed by atoms with E-state index in [0.717, 1.165) is 6.42 Å². The van der Waals surface area contributed by atoms with Gasteiger partial charge in [0.25, 0.3) is 0 Å². The Morgan fingerprint density at radius 2 is 1.86 bits per heavy atom. The summed E-state index contributed by atoms with van der Waals surface area (Å²) in [6.07, 6.45) is 2.72. The lowest BCUT2D eigenvalue weighted by molar-refractivity contribution is -0.152. The summed E-state index contributed by atoms with van der Waals surface area (Å²) < 4.78 is 30.1. The number of sulfonamides is 1.